The summed E-state index contributed by atoms with van der Waals surface area (Å²) in [5, 5.41) is 9.16. The Bertz CT molecular complexity index is 1450. The van der Waals surface area contributed by atoms with Crippen molar-refractivity contribution in [3.63, 3.8) is 0 Å². The molecule has 1 saturated heterocycles. The first kappa shape index (κ1) is 29.2. The Morgan fingerprint density at radius 2 is 1.82 bits per heavy atom. The Kier molecular flexibility index (Phi) is 8.06. The minimum absolute atomic E-state index is 0.0545. The molecule has 1 aromatic heterocycles. The second-order valence-corrected chi connectivity index (χ2v) is 11.5. The number of aromatic nitrogens is 2. The van der Waals surface area contributed by atoms with E-state index in [1.807, 2.05) is 9.80 Å². The van der Waals surface area contributed by atoms with Gasteiger partial charge >= 0.3 is 5.92 Å². The summed E-state index contributed by atoms with van der Waals surface area (Å²) in [5.41, 5.74) is -0.0332. The molecule has 4 rings (SSSR count). The predicted octanol–water partition coefficient (Wildman–Crippen LogP) is 4.69. The molecule has 0 radical (unpaired) electrons. The van der Waals surface area contributed by atoms with Crippen molar-refractivity contribution in [2.45, 2.75) is 43.0 Å². The molecule has 0 unspecified atom stereocenters. The minimum atomic E-state index is -4.27. The first-order chi connectivity index (χ1) is 18.9. The second-order valence-electron chi connectivity index (χ2n) is 9.78. The molecule has 8 nitrogen and oxygen atoms in total. The highest BCUT2D eigenvalue weighted by Crippen LogP contribution is 2.46. The Hall–Kier alpha value is -3.74. The van der Waals surface area contributed by atoms with Crippen LogP contribution in [-0.4, -0.2) is 61.0 Å². The monoisotopic (exact) mass is 578 g/mol. The van der Waals surface area contributed by atoms with E-state index in [9.17, 15) is 26.0 Å². The van der Waals surface area contributed by atoms with Gasteiger partial charge in [0.25, 0.3) is 10.0 Å². The maximum Gasteiger partial charge on any atom is 0.301 e. The van der Waals surface area contributed by atoms with Gasteiger partial charge in [0.05, 0.1) is 28.5 Å². The van der Waals surface area contributed by atoms with E-state index in [1.54, 1.807) is 19.9 Å². The number of allylic oxidation sites excluding steroid dienone is 2. The van der Waals surface area contributed by atoms with Crippen molar-refractivity contribution in [3.8, 4) is 0 Å². The molecule has 214 valence electrons. The molecule has 2 aromatic rings. The van der Waals surface area contributed by atoms with Crippen molar-refractivity contribution in [2.24, 2.45) is 0 Å². The molecule has 1 spiro atoms. The van der Waals surface area contributed by atoms with E-state index in [-0.39, 0.29) is 16.4 Å². The molecule has 0 amide bonds. The molecule has 13 heteroatoms. The number of hydrogen-bond donors (Lipinski definition) is 2. The molecule has 1 aromatic carbocycles. The molecule has 2 aliphatic rings. The number of anilines is 1. The molecule has 1 aliphatic heterocycles. The number of halogens is 4. The van der Waals surface area contributed by atoms with Crippen molar-refractivity contribution in [2.75, 3.05) is 31.2 Å². The Labute approximate surface area is 230 Å². The second kappa shape index (κ2) is 11.0. The Morgan fingerprint density at radius 3 is 2.35 bits per heavy atom. The fourth-order valence-electron chi connectivity index (χ4n) is 4.70. The van der Waals surface area contributed by atoms with Gasteiger partial charge in [-0.15, -0.1) is 0 Å². The maximum atomic E-state index is 13.7. The molecule has 1 saturated carbocycles. The van der Waals surface area contributed by atoms with Crippen LogP contribution in [0.4, 0.5) is 23.5 Å². The topological polar surface area (TPSA) is 102 Å². The van der Waals surface area contributed by atoms with Crippen LogP contribution in [-0.2, 0) is 15.9 Å². The average Bonchev–Trinajstić information content (AvgIpc) is 3.71. The smallest absolute Gasteiger partial charge is 0.301 e. The molecular weight excluding hydrogens is 548 g/mol. The summed E-state index contributed by atoms with van der Waals surface area (Å²) >= 11 is 0. The van der Waals surface area contributed by atoms with Gasteiger partial charge in [0.1, 0.15) is 5.84 Å². The van der Waals surface area contributed by atoms with Crippen LogP contribution in [0.3, 0.4) is 0 Å². The zero-order valence-electron chi connectivity index (χ0n) is 22.1. The van der Waals surface area contributed by atoms with E-state index in [1.165, 1.54) is 6.08 Å². The molecule has 2 heterocycles. The highest BCUT2D eigenvalue weighted by atomic mass is 32.2. The first-order valence-electron chi connectivity index (χ1n) is 12.5. The summed E-state index contributed by atoms with van der Waals surface area (Å²) in [7, 11) is -4.27. The lowest BCUT2D eigenvalue weighted by Crippen LogP contribution is -2.57. The number of rotatable bonds is 9. The van der Waals surface area contributed by atoms with E-state index in [2.05, 4.69) is 21.3 Å². The van der Waals surface area contributed by atoms with E-state index in [4.69, 9.17) is 5.41 Å². The van der Waals surface area contributed by atoms with E-state index < -0.39 is 39.5 Å². The third-order valence-corrected chi connectivity index (χ3v) is 8.56. The zero-order chi connectivity index (χ0) is 29.3. The Morgan fingerprint density at radius 1 is 1.20 bits per heavy atom. The SMILES string of the molecule is C=C/C(NS(=O)(=O)c1ccc(C(F)(F)CF)cc1)=C(C(=N)N1CCN(c2ncc(F)cn2)CC12CC2)\C(C)=C/C. The number of piperazine rings is 1. The van der Waals surface area contributed by atoms with Crippen molar-refractivity contribution < 1.29 is 26.0 Å². The normalized spacial score (nSPS) is 17.9. The van der Waals surface area contributed by atoms with Gasteiger partial charge in [-0.25, -0.2) is 27.2 Å². The van der Waals surface area contributed by atoms with Crippen LogP contribution in [0.5, 0.6) is 0 Å². The van der Waals surface area contributed by atoms with Crippen molar-refractivity contribution >= 4 is 21.8 Å². The van der Waals surface area contributed by atoms with Gasteiger partial charge in [-0.05, 0) is 50.5 Å². The van der Waals surface area contributed by atoms with Gasteiger partial charge in [0.2, 0.25) is 5.95 Å². The van der Waals surface area contributed by atoms with Crippen LogP contribution in [0, 0.1) is 11.2 Å². The van der Waals surface area contributed by atoms with Gasteiger partial charge in [-0.1, -0.05) is 24.8 Å². The summed E-state index contributed by atoms with van der Waals surface area (Å²) in [4.78, 5) is 11.7. The fraction of sp³-hybridized carbons (Fsp3) is 0.370. The summed E-state index contributed by atoms with van der Waals surface area (Å²) in [6.07, 6.45) is 6.84. The lowest BCUT2D eigenvalue weighted by molar-refractivity contribution is -0.0281. The largest absolute Gasteiger partial charge is 0.347 e. The van der Waals surface area contributed by atoms with Gasteiger partial charge in [0, 0.05) is 30.8 Å². The van der Waals surface area contributed by atoms with Crippen molar-refractivity contribution in [3.05, 3.63) is 83.6 Å². The number of nitrogens with one attached hydrogen (secondary N) is 2. The molecule has 2 fully saturated rings. The first-order valence-corrected chi connectivity index (χ1v) is 14.0. The van der Waals surface area contributed by atoms with Crippen LogP contribution < -0.4 is 9.62 Å². The van der Waals surface area contributed by atoms with E-state index in [0.29, 0.717) is 36.7 Å². The maximum absolute atomic E-state index is 13.7. The molecule has 0 atom stereocenters. The highest BCUT2D eigenvalue weighted by molar-refractivity contribution is 7.89. The molecule has 0 bridgehead atoms. The average molecular weight is 579 g/mol. The highest BCUT2D eigenvalue weighted by Gasteiger charge is 2.53. The lowest BCUT2D eigenvalue weighted by atomic mass is 10.00. The Balaban J connectivity index is 1.62. The van der Waals surface area contributed by atoms with Gasteiger partial charge in [0.15, 0.2) is 12.5 Å². The molecular formula is C27H30F4N6O2S. The van der Waals surface area contributed by atoms with Crippen LogP contribution in [0.1, 0.15) is 32.3 Å². The number of amidine groups is 1. The van der Waals surface area contributed by atoms with E-state index >= 15 is 0 Å². The van der Waals surface area contributed by atoms with Crippen molar-refractivity contribution in [1.82, 2.24) is 19.6 Å². The fourth-order valence-corrected chi connectivity index (χ4v) is 5.79. The number of hydrogen-bond acceptors (Lipinski definition) is 6. The number of nitrogens with zero attached hydrogens (tertiary/aromatic N) is 4. The van der Waals surface area contributed by atoms with Crippen LogP contribution in [0.25, 0.3) is 0 Å². The lowest BCUT2D eigenvalue weighted by Gasteiger charge is -2.44. The van der Waals surface area contributed by atoms with Crippen molar-refractivity contribution in [1.29, 1.82) is 5.41 Å². The summed E-state index contributed by atoms with van der Waals surface area (Å²) < 4.78 is 82.2. The third kappa shape index (κ3) is 5.74. The van der Waals surface area contributed by atoms with Crippen LogP contribution >= 0.6 is 0 Å². The quantitative estimate of drug-likeness (QED) is 0.194. The van der Waals surface area contributed by atoms with Gasteiger partial charge in [-0.2, -0.15) is 8.78 Å². The standard InChI is InChI=1S/C27H30F4N6O2S/c1-4-18(3)23(22(5-2)35-40(38,39)21-8-6-19(7-9-21)27(30,31)16-28)24(32)37-13-12-36(17-26(37)10-11-26)25-33-14-20(29)15-34-25/h4-9,14-15,32,35H,2,10-13,16-17H2,1,3H3/b18-4-,23-22-,32-24?. The zero-order valence-corrected chi connectivity index (χ0v) is 22.9. The minimum Gasteiger partial charge on any atom is -0.347 e. The number of alkyl halides is 3. The molecule has 40 heavy (non-hydrogen) atoms. The number of benzene rings is 1. The number of sulfonamides is 1. The third-order valence-electron chi connectivity index (χ3n) is 7.17. The summed E-state index contributed by atoms with van der Waals surface area (Å²) in [6.45, 7) is 6.74. The van der Waals surface area contributed by atoms with Gasteiger partial charge in [-0.3, -0.25) is 10.1 Å². The van der Waals surface area contributed by atoms with Gasteiger partial charge < -0.3 is 9.80 Å². The predicted molar refractivity (Wildman–Crippen MR) is 144 cm³/mol. The molecule has 1 aliphatic carbocycles. The van der Waals surface area contributed by atoms with Crippen LogP contribution in [0.15, 0.2) is 77.1 Å². The summed E-state index contributed by atoms with van der Waals surface area (Å²) in [6, 6.07) is 3.69. The van der Waals surface area contributed by atoms with Crippen LogP contribution in [0.2, 0.25) is 0 Å². The van der Waals surface area contributed by atoms with E-state index in [0.717, 1.165) is 49.5 Å². The summed E-state index contributed by atoms with van der Waals surface area (Å²) in [5.74, 6) is -3.76. The molecule has 2 N–H and O–H groups in total.